The molecule has 0 radical (unpaired) electrons. The number of rotatable bonds is 2. The highest BCUT2D eigenvalue weighted by Crippen LogP contribution is 2.33. The van der Waals surface area contributed by atoms with Gasteiger partial charge in [0.25, 0.3) is 0 Å². The molecule has 0 atom stereocenters. The SMILES string of the molecule is c1cc(-c2ccc3c(c2)CC3)cc(-c2ccc3c(c2)CC3)c1. The van der Waals surface area contributed by atoms with Crippen molar-refractivity contribution >= 4 is 0 Å². The molecule has 0 N–H and O–H groups in total. The molecule has 0 saturated heterocycles. The summed E-state index contributed by atoms with van der Waals surface area (Å²) in [6.07, 6.45) is 5.00. The average molecular weight is 282 g/mol. The van der Waals surface area contributed by atoms with E-state index >= 15 is 0 Å². The van der Waals surface area contributed by atoms with Crippen LogP contribution in [0.2, 0.25) is 0 Å². The summed E-state index contributed by atoms with van der Waals surface area (Å²) in [5.74, 6) is 0. The minimum atomic E-state index is 1.24. The summed E-state index contributed by atoms with van der Waals surface area (Å²) in [4.78, 5) is 0. The van der Waals surface area contributed by atoms with Gasteiger partial charge in [0, 0.05) is 0 Å². The van der Waals surface area contributed by atoms with Crippen LogP contribution in [-0.2, 0) is 25.7 Å². The molecule has 0 amide bonds. The van der Waals surface area contributed by atoms with Gasteiger partial charge in [-0.25, -0.2) is 0 Å². The minimum Gasteiger partial charge on any atom is -0.0610 e. The standard InChI is InChI=1S/C22H18/c1-2-17(21-10-6-15-4-8-19(15)13-21)12-18(3-1)22-11-7-16-5-9-20(16)14-22/h1-3,6-7,10-14H,4-5,8-9H2. The normalized spacial score (nSPS) is 14.5. The van der Waals surface area contributed by atoms with E-state index in [9.17, 15) is 0 Å². The van der Waals surface area contributed by atoms with E-state index in [0.29, 0.717) is 0 Å². The lowest BCUT2D eigenvalue weighted by Crippen LogP contribution is -2.07. The Hall–Kier alpha value is -2.34. The second-order valence-electron chi connectivity index (χ2n) is 6.55. The van der Waals surface area contributed by atoms with E-state index in [2.05, 4.69) is 60.7 Å². The third-order valence-corrected chi connectivity index (χ3v) is 5.27. The van der Waals surface area contributed by atoms with Gasteiger partial charge in [-0.1, -0.05) is 54.6 Å². The zero-order valence-corrected chi connectivity index (χ0v) is 12.6. The maximum atomic E-state index is 2.37. The lowest BCUT2D eigenvalue weighted by Gasteiger charge is -2.20. The summed E-state index contributed by atoms with van der Waals surface area (Å²) < 4.78 is 0. The molecule has 0 aliphatic heterocycles. The first kappa shape index (κ1) is 12.2. The molecule has 0 bridgehead atoms. The zero-order valence-electron chi connectivity index (χ0n) is 12.6. The van der Waals surface area contributed by atoms with Crippen LogP contribution in [0.3, 0.4) is 0 Å². The van der Waals surface area contributed by atoms with Crippen LogP contribution in [0.25, 0.3) is 22.3 Å². The van der Waals surface area contributed by atoms with Gasteiger partial charge in [0.1, 0.15) is 0 Å². The number of hydrogen-bond acceptors (Lipinski definition) is 0. The predicted octanol–water partition coefficient (Wildman–Crippen LogP) is 5.22. The zero-order chi connectivity index (χ0) is 14.5. The van der Waals surface area contributed by atoms with Gasteiger partial charge in [0.05, 0.1) is 0 Å². The van der Waals surface area contributed by atoms with Crippen molar-refractivity contribution in [2.45, 2.75) is 25.7 Å². The van der Waals surface area contributed by atoms with Gasteiger partial charge in [-0.2, -0.15) is 0 Å². The molecular formula is C22H18. The van der Waals surface area contributed by atoms with Crippen molar-refractivity contribution in [1.29, 1.82) is 0 Å². The van der Waals surface area contributed by atoms with Crippen LogP contribution in [0.5, 0.6) is 0 Å². The maximum absolute atomic E-state index is 2.37. The van der Waals surface area contributed by atoms with Gasteiger partial charge in [0.15, 0.2) is 0 Å². The summed E-state index contributed by atoms with van der Waals surface area (Å²) >= 11 is 0. The fourth-order valence-corrected chi connectivity index (χ4v) is 3.63. The van der Waals surface area contributed by atoms with Crippen LogP contribution in [0.15, 0.2) is 60.7 Å². The minimum absolute atomic E-state index is 1.24. The van der Waals surface area contributed by atoms with E-state index in [4.69, 9.17) is 0 Å². The second kappa shape index (κ2) is 4.58. The van der Waals surface area contributed by atoms with E-state index in [-0.39, 0.29) is 0 Å². The summed E-state index contributed by atoms with van der Waals surface area (Å²) in [7, 11) is 0. The number of hydrogen-bond donors (Lipinski definition) is 0. The van der Waals surface area contributed by atoms with Gasteiger partial charge in [0.2, 0.25) is 0 Å². The third-order valence-electron chi connectivity index (χ3n) is 5.27. The van der Waals surface area contributed by atoms with E-state index < -0.39 is 0 Å². The van der Waals surface area contributed by atoms with Crippen LogP contribution < -0.4 is 0 Å². The Labute approximate surface area is 131 Å². The van der Waals surface area contributed by atoms with E-state index in [1.54, 1.807) is 0 Å². The number of aryl methyl sites for hydroxylation is 4. The van der Waals surface area contributed by atoms with Crippen LogP contribution in [0, 0.1) is 0 Å². The topological polar surface area (TPSA) is 0 Å². The van der Waals surface area contributed by atoms with Crippen LogP contribution in [-0.4, -0.2) is 0 Å². The highest BCUT2D eigenvalue weighted by atomic mass is 14.2. The summed E-state index contributed by atoms with van der Waals surface area (Å²) in [6, 6.07) is 22.9. The van der Waals surface area contributed by atoms with Gasteiger partial charge in [-0.3, -0.25) is 0 Å². The fraction of sp³-hybridized carbons (Fsp3) is 0.182. The molecule has 2 aliphatic rings. The molecule has 3 aromatic rings. The van der Waals surface area contributed by atoms with Gasteiger partial charge >= 0.3 is 0 Å². The molecule has 0 fully saturated rings. The lowest BCUT2D eigenvalue weighted by atomic mass is 9.85. The van der Waals surface area contributed by atoms with Crippen molar-refractivity contribution in [2.24, 2.45) is 0 Å². The molecule has 0 heterocycles. The Morgan fingerprint density at radius 3 is 1.27 bits per heavy atom. The van der Waals surface area contributed by atoms with Crippen molar-refractivity contribution in [3.63, 3.8) is 0 Å². The average Bonchev–Trinajstić information content (AvgIpc) is 2.50. The summed E-state index contributed by atoms with van der Waals surface area (Å²) in [5, 5.41) is 0. The lowest BCUT2D eigenvalue weighted by molar-refractivity contribution is 0.840. The highest BCUT2D eigenvalue weighted by Gasteiger charge is 2.15. The Morgan fingerprint density at radius 2 is 0.864 bits per heavy atom. The van der Waals surface area contributed by atoms with Gasteiger partial charge < -0.3 is 0 Å². The molecule has 0 spiro atoms. The fourth-order valence-electron chi connectivity index (χ4n) is 3.63. The Kier molecular flexibility index (Phi) is 2.54. The van der Waals surface area contributed by atoms with Crippen LogP contribution in [0.4, 0.5) is 0 Å². The predicted molar refractivity (Wildman–Crippen MR) is 92.1 cm³/mol. The van der Waals surface area contributed by atoms with E-state index in [0.717, 1.165) is 0 Å². The Balaban J connectivity index is 1.57. The summed E-state index contributed by atoms with van der Waals surface area (Å²) in [5.41, 5.74) is 11.5. The number of benzene rings is 3. The van der Waals surface area contributed by atoms with Crippen molar-refractivity contribution < 1.29 is 0 Å². The Bertz CT molecular complexity index is 816. The van der Waals surface area contributed by atoms with Crippen molar-refractivity contribution in [3.05, 3.63) is 82.9 Å². The monoisotopic (exact) mass is 282 g/mol. The van der Waals surface area contributed by atoms with E-state index in [1.807, 2.05) is 0 Å². The molecule has 106 valence electrons. The van der Waals surface area contributed by atoms with Gasteiger partial charge in [-0.15, -0.1) is 0 Å². The Morgan fingerprint density at radius 1 is 0.409 bits per heavy atom. The molecule has 0 unspecified atom stereocenters. The maximum Gasteiger partial charge on any atom is -0.0178 e. The first-order valence-electron chi connectivity index (χ1n) is 8.21. The highest BCUT2D eigenvalue weighted by molar-refractivity contribution is 5.74. The summed E-state index contributed by atoms with van der Waals surface area (Å²) in [6.45, 7) is 0. The first-order valence-corrected chi connectivity index (χ1v) is 8.21. The van der Waals surface area contributed by atoms with Crippen LogP contribution in [0.1, 0.15) is 22.3 Å². The molecule has 0 nitrogen and oxygen atoms in total. The van der Waals surface area contributed by atoms with E-state index in [1.165, 1.54) is 70.2 Å². The third kappa shape index (κ3) is 1.84. The molecule has 0 heteroatoms. The second-order valence-corrected chi connectivity index (χ2v) is 6.55. The quantitative estimate of drug-likeness (QED) is 0.604. The van der Waals surface area contributed by atoms with Crippen molar-refractivity contribution in [3.8, 4) is 22.3 Å². The molecule has 22 heavy (non-hydrogen) atoms. The number of fused-ring (bicyclic) bond motifs is 2. The van der Waals surface area contributed by atoms with Crippen molar-refractivity contribution in [1.82, 2.24) is 0 Å². The molecule has 3 aromatic carbocycles. The molecule has 0 aromatic heterocycles. The molecular weight excluding hydrogens is 264 g/mol. The largest absolute Gasteiger partial charge is 0.0610 e. The first-order chi connectivity index (χ1) is 10.9. The molecule has 2 aliphatic carbocycles. The molecule has 0 saturated carbocycles. The molecule has 5 rings (SSSR count). The van der Waals surface area contributed by atoms with Crippen LogP contribution >= 0.6 is 0 Å². The van der Waals surface area contributed by atoms with Crippen molar-refractivity contribution in [2.75, 3.05) is 0 Å². The smallest absolute Gasteiger partial charge is 0.0178 e. The van der Waals surface area contributed by atoms with Gasteiger partial charge in [-0.05, 0) is 76.3 Å².